The highest BCUT2D eigenvalue weighted by Gasteiger charge is 2.17. The highest BCUT2D eigenvalue weighted by atomic mass is 16.6. The zero-order valence-corrected chi connectivity index (χ0v) is 17.4. The Labute approximate surface area is 189 Å². The van der Waals surface area contributed by atoms with E-state index in [-0.39, 0.29) is 28.4 Å². The summed E-state index contributed by atoms with van der Waals surface area (Å²) in [4.78, 5) is 22.0. The maximum absolute atomic E-state index is 11.7. The van der Waals surface area contributed by atoms with Crippen molar-refractivity contribution >= 4 is 34.3 Å². The Hall–Kier alpha value is -5.09. The van der Waals surface area contributed by atoms with Gasteiger partial charge >= 0.3 is 0 Å². The lowest BCUT2D eigenvalue weighted by atomic mass is 10.1. The van der Waals surface area contributed by atoms with Crippen LogP contribution in [0.5, 0.6) is 0 Å². The molecule has 0 unspecified atom stereocenters. The van der Waals surface area contributed by atoms with E-state index in [1.165, 1.54) is 6.92 Å². The van der Waals surface area contributed by atoms with Crippen molar-refractivity contribution in [3.63, 3.8) is 0 Å². The quantitative estimate of drug-likeness (QED) is 0.288. The summed E-state index contributed by atoms with van der Waals surface area (Å²) >= 11 is 0. The van der Waals surface area contributed by atoms with Crippen LogP contribution in [-0.4, -0.2) is 10.8 Å². The maximum atomic E-state index is 11.7. The summed E-state index contributed by atoms with van der Waals surface area (Å²) in [7, 11) is 0. The third-order valence-corrected chi connectivity index (χ3v) is 4.45. The molecule has 0 aromatic heterocycles. The summed E-state index contributed by atoms with van der Waals surface area (Å²) in [6.45, 7) is 1.92. The van der Waals surface area contributed by atoms with E-state index in [4.69, 9.17) is 0 Å². The predicted molar refractivity (Wildman–Crippen MR) is 121 cm³/mol. The van der Waals surface area contributed by atoms with Crippen LogP contribution in [0.1, 0.15) is 23.6 Å². The number of anilines is 2. The van der Waals surface area contributed by atoms with Crippen molar-refractivity contribution in [2.24, 2.45) is 10.2 Å². The number of carbonyl (C=O) groups excluding carboxylic acids is 1. The minimum atomic E-state index is -0.696. The standard InChI is InChI=1S/C23H17N7O3/c1-15(31)27-22-11-19(26-14-16-5-3-2-4-6-16)7-8-21(22)28-29-23-17(12-24)9-20(30(32)33)10-18(23)13-25/h2-11,26H,14H2,1H3,(H,27,31)/b29-28+. The molecular weight excluding hydrogens is 422 g/mol. The predicted octanol–water partition coefficient (Wildman–Crippen LogP) is 5.32. The lowest BCUT2D eigenvalue weighted by molar-refractivity contribution is -0.384. The molecule has 0 spiro atoms. The van der Waals surface area contributed by atoms with Gasteiger partial charge in [-0.25, -0.2) is 0 Å². The van der Waals surface area contributed by atoms with Crippen LogP contribution in [0, 0.1) is 32.8 Å². The van der Waals surface area contributed by atoms with Crippen LogP contribution in [-0.2, 0) is 11.3 Å². The molecule has 33 heavy (non-hydrogen) atoms. The van der Waals surface area contributed by atoms with Crippen molar-refractivity contribution in [3.8, 4) is 12.1 Å². The van der Waals surface area contributed by atoms with Crippen molar-refractivity contribution in [2.75, 3.05) is 10.6 Å². The lowest BCUT2D eigenvalue weighted by Gasteiger charge is -2.11. The number of hydrogen-bond acceptors (Lipinski definition) is 8. The Morgan fingerprint density at radius 3 is 2.27 bits per heavy atom. The third kappa shape index (κ3) is 5.75. The zero-order valence-electron chi connectivity index (χ0n) is 17.4. The van der Waals surface area contributed by atoms with Gasteiger partial charge in [-0.2, -0.15) is 10.5 Å². The highest BCUT2D eigenvalue weighted by Crippen LogP contribution is 2.34. The number of benzene rings is 3. The molecule has 0 saturated carbocycles. The van der Waals surface area contributed by atoms with E-state index >= 15 is 0 Å². The van der Waals surface area contributed by atoms with Crippen molar-refractivity contribution in [2.45, 2.75) is 13.5 Å². The van der Waals surface area contributed by atoms with Gasteiger partial charge in [-0.15, -0.1) is 10.2 Å². The normalized spacial score (nSPS) is 10.3. The number of non-ortho nitro benzene ring substituents is 1. The van der Waals surface area contributed by atoms with Crippen LogP contribution >= 0.6 is 0 Å². The van der Waals surface area contributed by atoms with Gasteiger partial charge in [-0.3, -0.25) is 14.9 Å². The molecule has 0 saturated heterocycles. The Morgan fingerprint density at radius 1 is 1.03 bits per heavy atom. The first-order valence-electron chi connectivity index (χ1n) is 9.65. The van der Waals surface area contributed by atoms with Gasteiger partial charge in [0.25, 0.3) is 5.69 Å². The van der Waals surface area contributed by atoms with Crippen molar-refractivity contribution in [1.82, 2.24) is 0 Å². The van der Waals surface area contributed by atoms with E-state index in [0.717, 1.165) is 23.4 Å². The van der Waals surface area contributed by atoms with Crippen LogP contribution < -0.4 is 10.6 Å². The van der Waals surface area contributed by atoms with Gasteiger partial charge in [0.05, 0.1) is 21.7 Å². The molecule has 10 nitrogen and oxygen atoms in total. The van der Waals surface area contributed by atoms with E-state index < -0.39 is 10.6 Å². The van der Waals surface area contributed by atoms with Crippen LogP contribution in [0.2, 0.25) is 0 Å². The van der Waals surface area contributed by atoms with Crippen molar-refractivity contribution in [3.05, 3.63) is 87.5 Å². The zero-order chi connectivity index (χ0) is 23.8. The number of hydrogen-bond donors (Lipinski definition) is 2. The van der Waals surface area contributed by atoms with Crippen molar-refractivity contribution in [1.29, 1.82) is 10.5 Å². The summed E-state index contributed by atoms with van der Waals surface area (Å²) in [5.74, 6) is -0.322. The molecule has 0 aliphatic heterocycles. The highest BCUT2D eigenvalue weighted by molar-refractivity contribution is 5.92. The molecular formula is C23H17N7O3. The number of amides is 1. The summed E-state index contributed by atoms with van der Waals surface area (Å²) < 4.78 is 0. The van der Waals surface area contributed by atoms with Crippen LogP contribution in [0.4, 0.5) is 28.4 Å². The van der Waals surface area contributed by atoms with Crippen molar-refractivity contribution < 1.29 is 9.72 Å². The van der Waals surface area contributed by atoms with Gasteiger partial charge in [0.2, 0.25) is 5.91 Å². The Bertz CT molecular complexity index is 1290. The van der Waals surface area contributed by atoms with Crippen LogP contribution in [0.3, 0.4) is 0 Å². The van der Waals surface area contributed by atoms with Gasteiger partial charge < -0.3 is 10.6 Å². The molecule has 0 radical (unpaired) electrons. The summed E-state index contributed by atoms with van der Waals surface area (Å²) in [5, 5.41) is 43.8. The molecule has 2 N–H and O–H groups in total. The molecule has 0 fully saturated rings. The third-order valence-electron chi connectivity index (χ3n) is 4.45. The van der Waals surface area contributed by atoms with Gasteiger partial charge in [0, 0.05) is 31.3 Å². The Balaban J connectivity index is 1.94. The smallest absolute Gasteiger partial charge is 0.272 e. The molecule has 3 rings (SSSR count). The number of nitriles is 2. The van der Waals surface area contributed by atoms with Gasteiger partial charge in [0.15, 0.2) is 0 Å². The van der Waals surface area contributed by atoms with Gasteiger partial charge in [-0.05, 0) is 23.8 Å². The molecule has 0 bridgehead atoms. The summed E-state index contributed by atoms with van der Waals surface area (Å²) in [6.07, 6.45) is 0. The summed E-state index contributed by atoms with van der Waals surface area (Å²) in [6, 6.07) is 20.5. The molecule has 1 amide bonds. The number of nitro benzene ring substituents is 1. The first-order valence-corrected chi connectivity index (χ1v) is 9.65. The number of nitrogens with zero attached hydrogens (tertiary/aromatic N) is 5. The van der Waals surface area contributed by atoms with E-state index in [9.17, 15) is 25.4 Å². The second-order valence-electron chi connectivity index (χ2n) is 6.82. The second kappa shape index (κ2) is 10.3. The molecule has 0 aliphatic rings. The SMILES string of the molecule is CC(=O)Nc1cc(NCc2ccccc2)ccc1/N=N/c1c(C#N)cc([N+](=O)[O-])cc1C#N. The first-order chi connectivity index (χ1) is 15.9. The summed E-state index contributed by atoms with van der Waals surface area (Å²) in [5.41, 5.74) is 1.64. The molecule has 0 heterocycles. The number of carbonyl (C=O) groups is 1. The minimum absolute atomic E-state index is 0.0920. The number of nitrogens with one attached hydrogen (secondary N) is 2. The topological polar surface area (TPSA) is 157 Å². The van der Waals surface area contributed by atoms with E-state index in [2.05, 4.69) is 20.9 Å². The van der Waals surface area contributed by atoms with E-state index in [0.29, 0.717) is 12.2 Å². The minimum Gasteiger partial charge on any atom is -0.381 e. The fraction of sp³-hybridized carbons (Fsp3) is 0.0870. The molecule has 3 aromatic carbocycles. The molecule has 0 aliphatic carbocycles. The molecule has 3 aromatic rings. The lowest BCUT2D eigenvalue weighted by Crippen LogP contribution is -2.07. The van der Waals surface area contributed by atoms with Gasteiger partial charge in [0.1, 0.15) is 23.5 Å². The fourth-order valence-corrected chi connectivity index (χ4v) is 2.93. The Kier molecular flexibility index (Phi) is 7.04. The average Bonchev–Trinajstić information content (AvgIpc) is 2.81. The second-order valence-corrected chi connectivity index (χ2v) is 6.82. The van der Waals surface area contributed by atoms with Gasteiger partial charge in [-0.1, -0.05) is 30.3 Å². The Morgan fingerprint density at radius 2 is 1.70 bits per heavy atom. The molecule has 0 atom stereocenters. The average molecular weight is 439 g/mol. The monoisotopic (exact) mass is 439 g/mol. The number of nitro groups is 1. The largest absolute Gasteiger partial charge is 0.381 e. The van der Waals surface area contributed by atoms with Crippen LogP contribution in [0.15, 0.2) is 70.9 Å². The molecule has 162 valence electrons. The fourth-order valence-electron chi connectivity index (χ4n) is 2.93. The van der Waals surface area contributed by atoms with E-state index in [1.54, 1.807) is 30.3 Å². The number of rotatable bonds is 7. The first kappa shape index (κ1) is 22.6. The maximum Gasteiger partial charge on any atom is 0.272 e. The van der Waals surface area contributed by atoms with Crippen LogP contribution in [0.25, 0.3) is 0 Å². The van der Waals surface area contributed by atoms with E-state index in [1.807, 2.05) is 30.3 Å². The number of azo groups is 1. The molecule has 10 heteroatoms.